The standard InChI is InChI=1S/C14H23FP2/c1-12(2,14(5,16)17)10-6-8-11(9-7-10)13(3,4)15/h6-9H,16-17H2,1-5H3. The molecule has 2 atom stereocenters. The van der Waals surface area contributed by atoms with Crippen molar-refractivity contribution < 1.29 is 4.39 Å². The van der Waals surface area contributed by atoms with Gasteiger partial charge in [-0.1, -0.05) is 45.0 Å². The summed E-state index contributed by atoms with van der Waals surface area (Å²) in [6.07, 6.45) is 0. The van der Waals surface area contributed by atoms with Gasteiger partial charge < -0.3 is 0 Å². The van der Waals surface area contributed by atoms with E-state index in [0.29, 0.717) is 0 Å². The van der Waals surface area contributed by atoms with Gasteiger partial charge >= 0.3 is 0 Å². The van der Waals surface area contributed by atoms with E-state index in [4.69, 9.17) is 0 Å². The predicted molar refractivity (Wildman–Crippen MR) is 81.4 cm³/mol. The molecule has 0 aromatic heterocycles. The Bertz CT molecular complexity index is 380. The Morgan fingerprint density at radius 1 is 0.824 bits per heavy atom. The SMILES string of the molecule is CC(C)(F)c1ccc(C(C)(C)C(C)(P)P)cc1. The largest absolute Gasteiger partial charge is 0.239 e. The first-order valence-electron chi connectivity index (χ1n) is 5.84. The minimum atomic E-state index is -1.27. The van der Waals surface area contributed by atoms with E-state index in [0.717, 1.165) is 5.56 Å². The first-order chi connectivity index (χ1) is 7.46. The molecule has 0 spiro atoms. The van der Waals surface area contributed by atoms with Crippen molar-refractivity contribution in [1.29, 1.82) is 0 Å². The summed E-state index contributed by atoms with van der Waals surface area (Å²) in [5.41, 5.74) is 0.680. The lowest BCUT2D eigenvalue weighted by atomic mass is 9.80. The van der Waals surface area contributed by atoms with Gasteiger partial charge in [0.05, 0.1) is 0 Å². The molecule has 0 saturated heterocycles. The van der Waals surface area contributed by atoms with E-state index >= 15 is 0 Å². The van der Waals surface area contributed by atoms with E-state index in [-0.39, 0.29) is 10.3 Å². The zero-order valence-corrected chi connectivity index (χ0v) is 13.7. The number of halogens is 1. The molecule has 0 aliphatic rings. The number of rotatable bonds is 3. The molecule has 0 saturated carbocycles. The highest BCUT2D eigenvalue weighted by molar-refractivity contribution is 7.40. The molecular weight excluding hydrogens is 249 g/mol. The van der Waals surface area contributed by atoms with Crippen LogP contribution in [0.2, 0.25) is 0 Å². The fourth-order valence-corrected chi connectivity index (χ4v) is 1.93. The molecule has 0 nitrogen and oxygen atoms in total. The van der Waals surface area contributed by atoms with Crippen molar-refractivity contribution in [2.75, 3.05) is 0 Å². The molecule has 1 rings (SSSR count). The molecule has 0 aliphatic carbocycles. The third kappa shape index (κ3) is 3.27. The van der Waals surface area contributed by atoms with Gasteiger partial charge in [0, 0.05) is 10.3 Å². The zero-order valence-electron chi connectivity index (χ0n) is 11.3. The highest BCUT2D eigenvalue weighted by Gasteiger charge is 2.35. The molecule has 0 bridgehead atoms. The quantitative estimate of drug-likeness (QED) is 0.703. The lowest BCUT2D eigenvalue weighted by Crippen LogP contribution is -2.34. The van der Waals surface area contributed by atoms with E-state index in [1.165, 1.54) is 5.56 Å². The van der Waals surface area contributed by atoms with Crippen LogP contribution in [0.5, 0.6) is 0 Å². The van der Waals surface area contributed by atoms with Crippen molar-refractivity contribution in [2.24, 2.45) is 0 Å². The first-order valence-corrected chi connectivity index (χ1v) is 6.99. The van der Waals surface area contributed by atoms with Crippen LogP contribution >= 0.6 is 18.5 Å². The molecule has 0 amide bonds. The molecule has 96 valence electrons. The van der Waals surface area contributed by atoms with Crippen molar-refractivity contribution in [3.8, 4) is 0 Å². The van der Waals surface area contributed by atoms with Crippen molar-refractivity contribution in [2.45, 2.75) is 50.6 Å². The molecule has 0 N–H and O–H groups in total. The molecule has 1 aromatic rings. The summed E-state index contributed by atoms with van der Waals surface area (Å²) < 4.78 is 13.8. The molecule has 0 radical (unpaired) electrons. The lowest BCUT2D eigenvalue weighted by Gasteiger charge is -2.39. The maximum atomic E-state index is 13.8. The van der Waals surface area contributed by atoms with Gasteiger partial charge in [0.2, 0.25) is 0 Å². The summed E-state index contributed by atoms with van der Waals surface area (Å²) in [5.74, 6) is 0. The predicted octanol–water partition coefficient (Wildman–Crippen LogP) is 4.64. The van der Waals surface area contributed by atoms with Crippen LogP contribution in [0.3, 0.4) is 0 Å². The molecule has 0 fully saturated rings. The van der Waals surface area contributed by atoms with Crippen LogP contribution < -0.4 is 0 Å². The minimum absolute atomic E-state index is 0.00131. The van der Waals surface area contributed by atoms with Crippen molar-refractivity contribution in [1.82, 2.24) is 0 Å². The molecule has 3 heteroatoms. The summed E-state index contributed by atoms with van der Waals surface area (Å²) in [5, 5.41) is 0. The lowest BCUT2D eigenvalue weighted by molar-refractivity contribution is 0.221. The third-order valence-electron chi connectivity index (χ3n) is 3.64. The molecule has 17 heavy (non-hydrogen) atoms. The van der Waals surface area contributed by atoms with Crippen molar-refractivity contribution in [3.63, 3.8) is 0 Å². The van der Waals surface area contributed by atoms with E-state index in [2.05, 4.69) is 39.3 Å². The Balaban J connectivity index is 3.12. The third-order valence-corrected chi connectivity index (χ3v) is 5.08. The summed E-state index contributed by atoms with van der Waals surface area (Å²) in [6.45, 7) is 9.73. The average Bonchev–Trinajstić information content (AvgIpc) is 2.15. The normalized spacial score (nSPS) is 13.9. The second-order valence-electron chi connectivity index (χ2n) is 5.96. The van der Waals surface area contributed by atoms with Gasteiger partial charge in [-0.15, -0.1) is 18.5 Å². The smallest absolute Gasteiger partial charge is 0.130 e. The van der Waals surface area contributed by atoms with Gasteiger partial charge in [0.25, 0.3) is 0 Å². The Labute approximate surface area is 109 Å². The van der Waals surface area contributed by atoms with Gasteiger partial charge in [-0.25, -0.2) is 4.39 Å². The zero-order chi connectivity index (χ0) is 13.5. The number of benzene rings is 1. The van der Waals surface area contributed by atoms with Gasteiger partial charge in [-0.3, -0.25) is 0 Å². The van der Waals surface area contributed by atoms with Crippen LogP contribution in [-0.4, -0.2) is 4.90 Å². The van der Waals surface area contributed by atoms with Crippen LogP contribution in [0.25, 0.3) is 0 Å². The van der Waals surface area contributed by atoms with Crippen LogP contribution in [-0.2, 0) is 11.1 Å². The van der Waals surface area contributed by atoms with Gasteiger partial charge in [-0.05, 0) is 25.0 Å². The topological polar surface area (TPSA) is 0 Å². The summed E-state index contributed by atoms with van der Waals surface area (Å²) >= 11 is 0. The van der Waals surface area contributed by atoms with Crippen LogP contribution in [0.4, 0.5) is 4.39 Å². The summed E-state index contributed by atoms with van der Waals surface area (Å²) in [7, 11) is 5.72. The van der Waals surface area contributed by atoms with Gasteiger partial charge in [0.1, 0.15) is 5.67 Å². The highest BCUT2D eigenvalue weighted by atomic mass is 31.1. The molecule has 0 heterocycles. The summed E-state index contributed by atoms with van der Waals surface area (Å²) in [4.78, 5) is 0.0136. The second-order valence-corrected chi connectivity index (χ2v) is 9.02. The van der Waals surface area contributed by atoms with Crippen molar-refractivity contribution >= 4 is 18.5 Å². The first kappa shape index (κ1) is 15.1. The average molecular weight is 272 g/mol. The Hall–Kier alpha value is 0.01000. The van der Waals surface area contributed by atoms with Gasteiger partial charge in [-0.2, -0.15) is 0 Å². The molecule has 0 aliphatic heterocycles. The van der Waals surface area contributed by atoms with Gasteiger partial charge in [0.15, 0.2) is 0 Å². The maximum Gasteiger partial charge on any atom is 0.130 e. The Kier molecular flexibility index (Phi) is 4.08. The number of alkyl halides is 1. The Morgan fingerprint density at radius 2 is 1.18 bits per heavy atom. The minimum Gasteiger partial charge on any atom is -0.239 e. The fraction of sp³-hybridized carbons (Fsp3) is 0.571. The van der Waals surface area contributed by atoms with E-state index < -0.39 is 5.67 Å². The number of hydrogen-bond donors (Lipinski definition) is 0. The highest BCUT2D eigenvalue weighted by Crippen LogP contribution is 2.46. The fourth-order valence-electron chi connectivity index (χ4n) is 1.59. The van der Waals surface area contributed by atoms with E-state index in [9.17, 15) is 4.39 Å². The monoisotopic (exact) mass is 272 g/mol. The van der Waals surface area contributed by atoms with Crippen LogP contribution in [0.1, 0.15) is 45.7 Å². The Morgan fingerprint density at radius 3 is 1.47 bits per heavy atom. The van der Waals surface area contributed by atoms with E-state index in [1.54, 1.807) is 13.8 Å². The molecular formula is C14H23FP2. The van der Waals surface area contributed by atoms with Crippen LogP contribution in [0.15, 0.2) is 24.3 Å². The molecule has 1 aromatic carbocycles. The molecule has 2 unspecified atom stereocenters. The second kappa shape index (κ2) is 4.60. The van der Waals surface area contributed by atoms with E-state index in [1.807, 2.05) is 24.3 Å². The summed E-state index contributed by atoms with van der Waals surface area (Å²) in [6, 6.07) is 7.84. The van der Waals surface area contributed by atoms with Crippen LogP contribution in [0, 0.1) is 0 Å². The number of hydrogen-bond acceptors (Lipinski definition) is 0. The maximum absolute atomic E-state index is 13.8. The van der Waals surface area contributed by atoms with Crippen molar-refractivity contribution in [3.05, 3.63) is 35.4 Å².